The van der Waals surface area contributed by atoms with Crippen LogP contribution in [0.25, 0.3) is 22.2 Å². The highest BCUT2D eigenvalue weighted by molar-refractivity contribution is 6.12. The summed E-state index contributed by atoms with van der Waals surface area (Å²) >= 11 is 0. The predicted octanol–water partition coefficient (Wildman–Crippen LogP) is 4.31. The molecule has 0 unspecified atom stereocenters. The smallest absolute Gasteiger partial charge is 0.256 e. The molecule has 8 heteroatoms. The number of carbonyl (C=O) groups is 1. The van der Waals surface area contributed by atoms with Crippen molar-refractivity contribution in [3.05, 3.63) is 77.4 Å². The number of hydrogen-bond acceptors (Lipinski definition) is 4. The number of rotatable bonds is 7. The fraction of sp³-hybridized carbons (Fsp3) is 0.357. The van der Waals surface area contributed by atoms with Gasteiger partial charge in [0.05, 0.1) is 17.9 Å². The Kier molecular flexibility index (Phi) is 6.89. The van der Waals surface area contributed by atoms with Crippen LogP contribution in [0.3, 0.4) is 0 Å². The first-order chi connectivity index (χ1) is 17.5. The summed E-state index contributed by atoms with van der Waals surface area (Å²) in [5.41, 5.74) is 11.0. The Hall–Kier alpha value is -3.49. The molecule has 0 saturated carbocycles. The van der Waals surface area contributed by atoms with Crippen LogP contribution in [0.1, 0.15) is 40.2 Å². The number of carbonyl (C=O) groups excluding carboxylic acids is 1. The topological polar surface area (TPSA) is 78.3 Å². The quantitative estimate of drug-likeness (QED) is 0.420. The number of aromatic nitrogens is 3. The van der Waals surface area contributed by atoms with Crippen LogP contribution in [0.5, 0.6) is 0 Å². The maximum atomic E-state index is 14.6. The molecule has 1 aliphatic rings. The summed E-state index contributed by atoms with van der Waals surface area (Å²) in [5.74, 6) is -0.118. The van der Waals surface area contributed by atoms with Crippen molar-refractivity contribution in [3.8, 4) is 11.3 Å². The van der Waals surface area contributed by atoms with E-state index in [9.17, 15) is 9.18 Å². The lowest BCUT2D eigenvalue weighted by atomic mass is 9.88. The van der Waals surface area contributed by atoms with Gasteiger partial charge in [0, 0.05) is 69.2 Å². The molecule has 4 aromatic rings. The summed E-state index contributed by atoms with van der Waals surface area (Å²) in [5, 5.41) is 5.26. The predicted molar refractivity (Wildman–Crippen MR) is 138 cm³/mol. The molecule has 188 valence electrons. The zero-order chi connectivity index (χ0) is 25.2. The van der Waals surface area contributed by atoms with Gasteiger partial charge in [0.25, 0.3) is 5.91 Å². The second kappa shape index (κ2) is 10.2. The van der Waals surface area contributed by atoms with Gasteiger partial charge in [-0.05, 0) is 48.1 Å². The number of benzene rings is 2. The molecule has 0 aliphatic carbocycles. The van der Waals surface area contributed by atoms with E-state index in [2.05, 4.69) is 9.67 Å². The largest absolute Gasteiger partial charge is 0.383 e. The van der Waals surface area contributed by atoms with Gasteiger partial charge in [-0.3, -0.25) is 9.48 Å². The zero-order valence-corrected chi connectivity index (χ0v) is 20.8. The molecule has 5 rings (SSSR count). The number of hydrogen-bond donors (Lipinski definition) is 1. The maximum absolute atomic E-state index is 14.6. The number of likely N-dealkylation sites (tertiary alicyclic amines) is 1. The Bertz CT molecular complexity index is 1380. The van der Waals surface area contributed by atoms with E-state index in [-0.39, 0.29) is 17.6 Å². The molecule has 0 bridgehead atoms. The Morgan fingerprint density at radius 2 is 2.00 bits per heavy atom. The number of fused-ring (bicyclic) bond motifs is 1. The van der Waals surface area contributed by atoms with Crippen molar-refractivity contribution in [1.82, 2.24) is 19.2 Å². The van der Waals surface area contributed by atoms with Gasteiger partial charge in [0.1, 0.15) is 5.82 Å². The van der Waals surface area contributed by atoms with Crippen LogP contribution in [0, 0.1) is 5.82 Å². The van der Waals surface area contributed by atoms with E-state index in [4.69, 9.17) is 10.5 Å². The normalized spacial score (nSPS) is 14.6. The van der Waals surface area contributed by atoms with Gasteiger partial charge in [-0.2, -0.15) is 5.10 Å². The number of halogens is 1. The van der Waals surface area contributed by atoms with Crippen molar-refractivity contribution in [2.45, 2.75) is 31.8 Å². The third-order valence-electron chi connectivity index (χ3n) is 7.29. The number of amides is 1. The Morgan fingerprint density at radius 3 is 2.69 bits per heavy atom. The van der Waals surface area contributed by atoms with E-state index in [1.165, 1.54) is 6.07 Å². The van der Waals surface area contributed by atoms with Gasteiger partial charge in [-0.1, -0.05) is 24.3 Å². The molecule has 3 heterocycles. The fourth-order valence-corrected chi connectivity index (χ4v) is 5.34. The van der Waals surface area contributed by atoms with Crippen molar-refractivity contribution in [2.75, 3.05) is 26.8 Å². The summed E-state index contributed by atoms with van der Waals surface area (Å²) in [6.07, 6.45) is 5.14. The third-order valence-corrected chi connectivity index (χ3v) is 7.29. The highest BCUT2D eigenvalue weighted by Gasteiger charge is 2.29. The molecule has 7 nitrogen and oxygen atoms in total. The van der Waals surface area contributed by atoms with Crippen molar-refractivity contribution in [1.29, 1.82) is 0 Å². The van der Waals surface area contributed by atoms with Crippen LogP contribution in [0.4, 0.5) is 4.39 Å². The van der Waals surface area contributed by atoms with Crippen LogP contribution in [0.15, 0.2) is 54.9 Å². The first-order valence-corrected chi connectivity index (χ1v) is 12.4. The number of piperidine rings is 1. The van der Waals surface area contributed by atoms with Crippen molar-refractivity contribution in [3.63, 3.8) is 0 Å². The molecule has 2 aromatic heterocycles. The zero-order valence-electron chi connectivity index (χ0n) is 20.8. The maximum Gasteiger partial charge on any atom is 0.256 e. The molecule has 1 aliphatic heterocycles. The summed E-state index contributed by atoms with van der Waals surface area (Å²) in [6.45, 7) is 2.74. The molecule has 1 saturated heterocycles. The van der Waals surface area contributed by atoms with Crippen molar-refractivity contribution < 1.29 is 13.9 Å². The molecule has 1 amide bonds. The molecule has 1 fully saturated rings. The summed E-state index contributed by atoms with van der Waals surface area (Å²) in [4.78, 5) is 15.8. The fourth-order valence-electron chi connectivity index (χ4n) is 5.34. The van der Waals surface area contributed by atoms with Gasteiger partial charge >= 0.3 is 0 Å². The molecule has 0 radical (unpaired) electrons. The third kappa shape index (κ3) is 4.42. The summed E-state index contributed by atoms with van der Waals surface area (Å²) in [7, 11) is 3.58. The van der Waals surface area contributed by atoms with Gasteiger partial charge < -0.3 is 19.9 Å². The van der Waals surface area contributed by atoms with Crippen molar-refractivity contribution in [2.24, 2.45) is 12.8 Å². The summed E-state index contributed by atoms with van der Waals surface area (Å²) in [6, 6.07) is 13.2. The number of ether oxygens (including phenoxy) is 1. The molecule has 0 spiro atoms. The SMILES string of the molecule is COCCn1cc(C(=O)N2CCC(c3cc(CN)ccc3F)CC2)c2c(-c3ccnn3C)cccc21. The first kappa shape index (κ1) is 24.2. The van der Waals surface area contributed by atoms with E-state index in [1.807, 2.05) is 53.2 Å². The van der Waals surface area contributed by atoms with Crippen LogP contribution in [-0.4, -0.2) is 52.0 Å². The van der Waals surface area contributed by atoms with Gasteiger partial charge in [-0.15, -0.1) is 0 Å². The summed E-state index contributed by atoms with van der Waals surface area (Å²) < 4.78 is 23.8. The minimum Gasteiger partial charge on any atom is -0.383 e. The molecule has 0 atom stereocenters. The lowest BCUT2D eigenvalue weighted by Crippen LogP contribution is -2.38. The number of aryl methyl sites for hydroxylation is 1. The minimum atomic E-state index is -0.195. The van der Waals surface area contributed by atoms with E-state index < -0.39 is 0 Å². The first-order valence-electron chi connectivity index (χ1n) is 12.4. The lowest BCUT2D eigenvalue weighted by Gasteiger charge is -2.32. The van der Waals surface area contributed by atoms with Gasteiger partial charge in [-0.25, -0.2) is 4.39 Å². The monoisotopic (exact) mass is 489 g/mol. The standard InChI is InChI=1S/C28H32FN5O2/c1-32-25(8-11-31-32)21-4-3-5-26-27(21)23(18-34(26)14-15-36-2)28(35)33-12-9-20(10-13-33)22-16-19(17-30)6-7-24(22)29/h3-8,11,16,18,20H,9-10,12-15,17,30H2,1-2H3. The van der Waals surface area contributed by atoms with Crippen LogP contribution < -0.4 is 5.73 Å². The molecular formula is C28H32FN5O2. The van der Waals surface area contributed by atoms with Gasteiger partial charge in [0.15, 0.2) is 0 Å². The molecule has 36 heavy (non-hydrogen) atoms. The van der Waals surface area contributed by atoms with Crippen LogP contribution in [-0.2, 0) is 24.9 Å². The molecule has 2 aromatic carbocycles. The van der Waals surface area contributed by atoms with Gasteiger partial charge in [0.2, 0.25) is 0 Å². The molecule has 2 N–H and O–H groups in total. The van der Waals surface area contributed by atoms with Crippen LogP contribution in [0.2, 0.25) is 0 Å². The van der Waals surface area contributed by atoms with Crippen molar-refractivity contribution >= 4 is 16.8 Å². The van der Waals surface area contributed by atoms with E-state index >= 15 is 0 Å². The van der Waals surface area contributed by atoms with Crippen LogP contribution >= 0.6 is 0 Å². The second-order valence-electron chi connectivity index (χ2n) is 9.40. The average Bonchev–Trinajstić information content (AvgIpc) is 3.51. The number of nitrogens with zero attached hydrogens (tertiary/aromatic N) is 4. The molecular weight excluding hydrogens is 457 g/mol. The second-order valence-corrected chi connectivity index (χ2v) is 9.40. The average molecular weight is 490 g/mol. The lowest BCUT2D eigenvalue weighted by molar-refractivity contribution is 0.0714. The Morgan fingerprint density at radius 1 is 1.19 bits per heavy atom. The highest BCUT2D eigenvalue weighted by Crippen LogP contribution is 2.35. The Labute approximate surface area is 210 Å². The number of methoxy groups -OCH3 is 1. The van der Waals surface area contributed by atoms with E-state index in [0.717, 1.165) is 27.7 Å². The number of nitrogens with two attached hydrogens (primary N) is 1. The van der Waals surface area contributed by atoms with E-state index in [1.54, 1.807) is 19.4 Å². The Balaban J connectivity index is 1.46. The highest BCUT2D eigenvalue weighted by atomic mass is 19.1. The van der Waals surface area contributed by atoms with E-state index in [0.29, 0.717) is 56.8 Å². The minimum absolute atomic E-state index is 0.000385.